The van der Waals surface area contributed by atoms with Crippen LogP contribution >= 0.6 is 20.8 Å². The molecule has 1 aromatic heterocycles. The fourth-order valence-electron chi connectivity index (χ4n) is 6.18. The number of hydrogen-bond acceptors (Lipinski definition) is 1. The quantitative estimate of drug-likeness (QED) is 0.0902. The van der Waals surface area contributed by atoms with Gasteiger partial charge in [-0.25, -0.2) is 4.68 Å². The number of para-hydroxylation sites is 1. The molecule has 0 aliphatic heterocycles. The van der Waals surface area contributed by atoms with Crippen LogP contribution < -0.4 is 21.5 Å². The first kappa shape index (κ1) is 30.3. The summed E-state index contributed by atoms with van der Waals surface area (Å²) in [5, 5.41) is 4.69. The second kappa shape index (κ2) is 14.3. The van der Waals surface area contributed by atoms with Crippen molar-refractivity contribution >= 4 is 36.7 Å². The molecule has 3 nitrogen and oxygen atoms in total. The van der Waals surface area contributed by atoms with Gasteiger partial charge >= 0.3 is 209 Å². The van der Waals surface area contributed by atoms with E-state index in [0.29, 0.717) is 0 Å². The van der Waals surface area contributed by atoms with Gasteiger partial charge in [0.05, 0.1) is 5.69 Å². The van der Waals surface area contributed by atoms with Crippen molar-refractivity contribution in [2.45, 2.75) is 57.8 Å². The molecule has 0 bridgehead atoms. The molecule has 0 amide bonds. The van der Waals surface area contributed by atoms with Crippen LogP contribution in [0.3, 0.4) is 0 Å². The van der Waals surface area contributed by atoms with Crippen LogP contribution in [0.1, 0.15) is 57.1 Å². The molecular formula is C37H42BrN2OP. The zero-order valence-electron chi connectivity index (χ0n) is 24.4. The summed E-state index contributed by atoms with van der Waals surface area (Å²) in [6.07, 6.45) is 11.8. The molecule has 5 heteroatoms. The molecule has 0 aliphatic carbocycles. The van der Waals surface area contributed by atoms with Gasteiger partial charge in [0.1, 0.15) is 0 Å². The minimum Gasteiger partial charge on any atom is -0.220 e. The van der Waals surface area contributed by atoms with E-state index in [9.17, 15) is 4.79 Å². The number of rotatable bonds is 15. The molecule has 0 aliphatic rings. The van der Waals surface area contributed by atoms with E-state index >= 15 is 0 Å². The van der Waals surface area contributed by atoms with Crippen LogP contribution in [-0.2, 0) is 6.42 Å². The van der Waals surface area contributed by atoms with E-state index in [4.69, 9.17) is 0 Å². The van der Waals surface area contributed by atoms with Gasteiger partial charge in [0.15, 0.2) is 0 Å². The smallest absolute Gasteiger partial charge is 0.220 e. The third-order valence-electron chi connectivity index (χ3n) is 8.45. The standard InChI is InChI=1S/C37H42BrN2OP/c38-42(34-24-14-8-15-25-34,35-26-16-9-17-27-35,36-28-18-10-19-29-36)30-20-6-4-2-1-3-5-11-21-32-31-37(41)40(39-32)33-22-12-7-13-23-33/h7-10,12-19,22-29,31,39H,1-6,11,20-21,30H2. The molecule has 42 heavy (non-hydrogen) atoms. The topological polar surface area (TPSA) is 37.8 Å². The van der Waals surface area contributed by atoms with Crippen LogP contribution in [0.4, 0.5) is 0 Å². The third kappa shape index (κ3) is 6.72. The van der Waals surface area contributed by atoms with Gasteiger partial charge in [-0.15, -0.1) is 0 Å². The molecule has 1 heterocycles. The van der Waals surface area contributed by atoms with Crippen LogP contribution in [0, 0.1) is 0 Å². The fraction of sp³-hybridized carbons (Fsp3) is 0.270. The number of nitrogens with zero attached hydrogens (tertiary/aromatic N) is 1. The summed E-state index contributed by atoms with van der Waals surface area (Å²) >= 11 is 4.57. The number of aryl methyl sites for hydroxylation is 1. The monoisotopic (exact) mass is 640 g/mol. The van der Waals surface area contributed by atoms with Crippen molar-refractivity contribution in [3.05, 3.63) is 143 Å². The van der Waals surface area contributed by atoms with Crippen molar-refractivity contribution in [3.8, 4) is 5.69 Å². The van der Waals surface area contributed by atoms with E-state index in [0.717, 1.165) is 30.4 Å². The molecule has 0 fully saturated rings. The Kier molecular flexibility index (Phi) is 10.3. The second-order valence-corrected chi connectivity index (χ2v) is 20.3. The molecule has 0 atom stereocenters. The van der Waals surface area contributed by atoms with E-state index < -0.39 is 5.31 Å². The second-order valence-electron chi connectivity index (χ2n) is 11.3. The molecule has 4 aromatic carbocycles. The van der Waals surface area contributed by atoms with E-state index in [2.05, 4.69) is 112 Å². The molecule has 218 valence electrons. The summed E-state index contributed by atoms with van der Waals surface area (Å²) in [6.45, 7) is 0. The van der Waals surface area contributed by atoms with Crippen LogP contribution in [0.2, 0.25) is 0 Å². The molecule has 0 saturated carbocycles. The van der Waals surface area contributed by atoms with E-state index in [1.54, 1.807) is 10.7 Å². The number of aromatic amines is 1. The molecule has 0 saturated heterocycles. The van der Waals surface area contributed by atoms with Gasteiger partial charge in [-0.1, -0.05) is 18.2 Å². The first-order valence-corrected chi connectivity index (χ1v) is 19.8. The Bertz CT molecular complexity index is 1470. The predicted molar refractivity (Wildman–Crippen MR) is 186 cm³/mol. The van der Waals surface area contributed by atoms with Gasteiger partial charge in [-0.2, -0.15) is 0 Å². The van der Waals surface area contributed by atoms with Gasteiger partial charge in [0.2, 0.25) is 0 Å². The molecule has 5 aromatic rings. The van der Waals surface area contributed by atoms with E-state index in [1.165, 1.54) is 60.9 Å². The zero-order valence-corrected chi connectivity index (χ0v) is 26.9. The van der Waals surface area contributed by atoms with Crippen molar-refractivity contribution in [1.82, 2.24) is 9.78 Å². The van der Waals surface area contributed by atoms with Crippen LogP contribution in [0.15, 0.2) is 132 Å². The molecule has 0 spiro atoms. The number of aromatic nitrogens is 2. The first-order chi connectivity index (χ1) is 20.6. The maximum atomic E-state index is 12.4. The Labute approximate surface area is 258 Å². The van der Waals surface area contributed by atoms with Crippen molar-refractivity contribution in [3.63, 3.8) is 0 Å². The molecule has 5 rings (SSSR count). The average molecular weight is 642 g/mol. The summed E-state index contributed by atoms with van der Waals surface area (Å²) in [5.74, 6) is 0. The van der Waals surface area contributed by atoms with Gasteiger partial charge in [-0.3, -0.25) is 4.79 Å². The Balaban J connectivity index is 1.12. The van der Waals surface area contributed by atoms with Crippen molar-refractivity contribution < 1.29 is 0 Å². The van der Waals surface area contributed by atoms with Gasteiger partial charge in [0.25, 0.3) is 5.56 Å². The van der Waals surface area contributed by atoms with Crippen molar-refractivity contribution in [1.29, 1.82) is 0 Å². The fourth-order valence-corrected chi connectivity index (χ4v) is 13.9. The van der Waals surface area contributed by atoms with Gasteiger partial charge in [-0.05, 0) is 12.1 Å². The Morgan fingerprint density at radius 1 is 0.548 bits per heavy atom. The normalized spacial score (nSPS) is 12.5. The van der Waals surface area contributed by atoms with E-state index in [1.807, 2.05) is 30.3 Å². The summed E-state index contributed by atoms with van der Waals surface area (Å²) in [4.78, 5) is 12.4. The Morgan fingerprint density at radius 3 is 1.43 bits per heavy atom. The molecule has 0 radical (unpaired) electrons. The number of benzene rings is 4. The maximum absolute atomic E-state index is 12.4. The molecular weight excluding hydrogens is 599 g/mol. The number of unbranched alkanes of at least 4 members (excludes halogenated alkanes) is 7. The van der Waals surface area contributed by atoms with E-state index in [-0.39, 0.29) is 5.56 Å². The van der Waals surface area contributed by atoms with Crippen LogP contribution in [-0.4, -0.2) is 15.9 Å². The number of hydrogen-bond donors (Lipinski definition) is 1. The van der Waals surface area contributed by atoms with Gasteiger partial charge < -0.3 is 0 Å². The minimum atomic E-state index is -2.80. The van der Waals surface area contributed by atoms with Crippen molar-refractivity contribution in [2.75, 3.05) is 6.16 Å². The molecule has 1 N–H and O–H groups in total. The zero-order chi connectivity index (χ0) is 29.1. The van der Waals surface area contributed by atoms with Crippen molar-refractivity contribution in [2.24, 2.45) is 0 Å². The first-order valence-electron chi connectivity index (χ1n) is 15.4. The Morgan fingerprint density at radius 2 is 0.952 bits per heavy atom. The number of nitrogens with one attached hydrogen (secondary N) is 1. The van der Waals surface area contributed by atoms with Crippen LogP contribution in [0.5, 0.6) is 0 Å². The summed E-state index contributed by atoms with van der Waals surface area (Å²) in [5.41, 5.74) is 1.92. The van der Waals surface area contributed by atoms with Gasteiger partial charge in [0, 0.05) is 0 Å². The number of halogens is 1. The minimum absolute atomic E-state index is 0.0140. The summed E-state index contributed by atoms with van der Waals surface area (Å²) < 4.78 is 1.64. The SMILES string of the molecule is O=c1cc(CCCCCCCCCCP(Br)(c2ccccc2)(c2ccccc2)c2ccccc2)[nH]n1-c1ccccc1. The average Bonchev–Trinajstić information content (AvgIpc) is 3.43. The Hall–Kier alpha value is -3.20. The third-order valence-corrected chi connectivity index (χ3v) is 18.5. The summed E-state index contributed by atoms with van der Waals surface area (Å²) in [6, 6.07) is 44.9. The predicted octanol–water partition coefficient (Wildman–Crippen LogP) is 8.67. The molecule has 0 unspecified atom stereocenters. The summed E-state index contributed by atoms with van der Waals surface area (Å²) in [7, 11) is 0. The number of H-pyrrole nitrogens is 1. The van der Waals surface area contributed by atoms with Crippen LogP contribution in [0.25, 0.3) is 5.69 Å².